The largest absolute Gasteiger partial charge is 0.329 e. The summed E-state index contributed by atoms with van der Waals surface area (Å²) in [6.45, 7) is 8.90. The van der Waals surface area contributed by atoms with Crippen molar-refractivity contribution >= 4 is 10.2 Å². The summed E-state index contributed by atoms with van der Waals surface area (Å²) in [5.74, 6) is 0.470. The summed E-state index contributed by atoms with van der Waals surface area (Å²) in [5.41, 5.74) is 5.67. The molecule has 0 radical (unpaired) electrons. The third-order valence-corrected chi connectivity index (χ3v) is 6.51. The zero-order valence-electron chi connectivity index (χ0n) is 12.7. The topological polar surface area (TPSA) is 69.9 Å². The van der Waals surface area contributed by atoms with Gasteiger partial charge < -0.3 is 5.73 Å². The molecule has 2 fully saturated rings. The van der Waals surface area contributed by atoms with E-state index in [9.17, 15) is 8.42 Å². The smallest absolute Gasteiger partial charge is 0.282 e. The molecule has 7 heteroatoms. The van der Waals surface area contributed by atoms with E-state index in [1.54, 1.807) is 8.61 Å². The first-order valence-corrected chi connectivity index (χ1v) is 9.04. The number of hydrogen-bond acceptors (Lipinski definition) is 4. The molecule has 2 saturated heterocycles. The number of rotatable bonds is 4. The van der Waals surface area contributed by atoms with E-state index in [-0.39, 0.29) is 0 Å². The van der Waals surface area contributed by atoms with Crippen LogP contribution < -0.4 is 5.73 Å². The molecule has 2 N–H and O–H groups in total. The van der Waals surface area contributed by atoms with Crippen LogP contribution in [-0.2, 0) is 10.2 Å². The number of hydrogen-bond donors (Lipinski definition) is 1. The van der Waals surface area contributed by atoms with Gasteiger partial charge in [-0.1, -0.05) is 6.92 Å². The van der Waals surface area contributed by atoms with Crippen molar-refractivity contribution in [2.45, 2.75) is 32.7 Å². The van der Waals surface area contributed by atoms with Crippen molar-refractivity contribution in [1.29, 1.82) is 0 Å². The Hall–Kier alpha value is -0.210. The second kappa shape index (κ2) is 6.70. The molecule has 2 atom stereocenters. The summed E-state index contributed by atoms with van der Waals surface area (Å²) >= 11 is 0. The van der Waals surface area contributed by atoms with Crippen LogP contribution >= 0.6 is 0 Å². The van der Waals surface area contributed by atoms with E-state index >= 15 is 0 Å². The monoisotopic (exact) mass is 304 g/mol. The molecular formula is C13H28N4O2S. The zero-order valence-corrected chi connectivity index (χ0v) is 13.5. The van der Waals surface area contributed by atoms with Gasteiger partial charge in [0.15, 0.2) is 0 Å². The standard InChI is InChI=1S/C13H28N4O2S/c1-12-4-3-5-17(11-12)20(18,19)16-8-6-15(7-9-16)13(2)10-14/h12-13H,3-11,14H2,1-2H3. The van der Waals surface area contributed by atoms with E-state index in [1.807, 2.05) is 0 Å². The fraction of sp³-hybridized carbons (Fsp3) is 1.00. The van der Waals surface area contributed by atoms with Gasteiger partial charge in [-0.25, -0.2) is 0 Å². The van der Waals surface area contributed by atoms with E-state index in [4.69, 9.17) is 5.73 Å². The average Bonchev–Trinajstić information content (AvgIpc) is 2.46. The summed E-state index contributed by atoms with van der Waals surface area (Å²) in [6.07, 6.45) is 2.11. The Bertz CT molecular complexity index is 407. The molecule has 2 aliphatic rings. The number of piperazine rings is 1. The maximum Gasteiger partial charge on any atom is 0.282 e. The van der Waals surface area contributed by atoms with Crippen molar-refractivity contribution in [2.24, 2.45) is 11.7 Å². The molecule has 118 valence electrons. The summed E-state index contributed by atoms with van der Waals surface area (Å²) in [6, 6.07) is 0.329. The predicted molar refractivity (Wildman–Crippen MR) is 80.6 cm³/mol. The van der Waals surface area contributed by atoms with Gasteiger partial charge in [-0.2, -0.15) is 17.0 Å². The molecule has 6 nitrogen and oxygen atoms in total. The molecule has 0 spiro atoms. The van der Waals surface area contributed by atoms with E-state index in [0.717, 1.165) is 25.9 Å². The maximum atomic E-state index is 12.6. The Labute approximate surface area is 123 Å². The Kier molecular flexibility index (Phi) is 5.42. The molecule has 0 saturated carbocycles. The van der Waals surface area contributed by atoms with E-state index < -0.39 is 10.2 Å². The number of nitrogens with two attached hydrogens (primary N) is 1. The summed E-state index contributed by atoms with van der Waals surface area (Å²) in [4.78, 5) is 2.27. The van der Waals surface area contributed by atoms with Gasteiger partial charge in [0.2, 0.25) is 0 Å². The molecule has 2 rings (SSSR count). The van der Waals surface area contributed by atoms with Crippen molar-refractivity contribution in [3.8, 4) is 0 Å². The summed E-state index contributed by atoms with van der Waals surface area (Å²) < 4.78 is 28.6. The average molecular weight is 304 g/mol. The highest BCUT2D eigenvalue weighted by atomic mass is 32.2. The molecule has 2 heterocycles. The highest BCUT2D eigenvalue weighted by Gasteiger charge is 2.34. The minimum Gasteiger partial charge on any atom is -0.329 e. The van der Waals surface area contributed by atoms with Crippen LogP contribution in [0.25, 0.3) is 0 Å². The van der Waals surface area contributed by atoms with Gasteiger partial charge in [0, 0.05) is 51.9 Å². The van der Waals surface area contributed by atoms with Gasteiger partial charge in [-0.15, -0.1) is 0 Å². The van der Waals surface area contributed by atoms with Crippen molar-refractivity contribution in [3.05, 3.63) is 0 Å². The van der Waals surface area contributed by atoms with Gasteiger partial charge in [0.05, 0.1) is 0 Å². The Morgan fingerprint density at radius 3 is 2.35 bits per heavy atom. The van der Waals surface area contributed by atoms with E-state index in [1.165, 1.54) is 0 Å². The lowest BCUT2D eigenvalue weighted by Crippen LogP contribution is -2.56. The van der Waals surface area contributed by atoms with Gasteiger partial charge in [0.1, 0.15) is 0 Å². The van der Waals surface area contributed by atoms with Crippen molar-refractivity contribution in [2.75, 3.05) is 45.8 Å². The minimum absolute atomic E-state index is 0.329. The highest BCUT2D eigenvalue weighted by molar-refractivity contribution is 7.86. The SMILES string of the molecule is CC1CCCN(S(=O)(=O)N2CCN(C(C)CN)CC2)C1. The normalized spacial score (nSPS) is 29.4. The quantitative estimate of drug-likeness (QED) is 0.789. The fourth-order valence-corrected chi connectivity index (χ4v) is 4.80. The second-order valence-corrected chi connectivity index (χ2v) is 8.06. The van der Waals surface area contributed by atoms with Crippen molar-refractivity contribution in [1.82, 2.24) is 13.5 Å². The summed E-state index contributed by atoms with van der Waals surface area (Å²) in [7, 11) is -3.27. The van der Waals surface area contributed by atoms with Crippen LogP contribution in [0.3, 0.4) is 0 Å². The molecule has 0 aromatic carbocycles. The molecule has 0 aromatic rings. The third-order valence-electron chi connectivity index (χ3n) is 4.51. The lowest BCUT2D eigenvalue weighted by Gasteiger charge is -2.40. The second-order valence-electron chi connectivity index (χ2n) is 6.13. The Balaban J connectivity index is 1.95. The predicted octanol–water partition coefficient (Wildman–Crippen LogP) is -0.0721. The molecule has 0 bridgehead atoms. The molecule has 0 aromatic heterocycles. The first kappa shape index (κ1) is 16.2. The summed E-state index contributed by atoms with van der Waals surface area (Å²) in [5, 5.41) is 0. The van der Waals surface area contributed by atoms with Crippen LogP contribution in [0.4, 0.5) is 0 Å². The van der Waals surface area contributed by atoms with Crippen LogP contribution in [-0.4, -0.2) is 73.8 Å². The third kappa shape index (κ3) is 3.51. The molecule has 2 unspecified atom stereocenters. The lowest BCUT2D eigenvalue weighted by atomic mass is 10.0. The molecule has 0 amide bonds. The van der Waals surface area contributed by atoms with Crippen molar-refractivity contribution in [3.63, 3.8) is 0 Å². The Morgan fingerprint density at radius 1 is 1.15 bits per heavy atom. The number of nitrogens with zero attached hydrogens (tertiary/aromatic N) is 3. The maximum absolute atomic E-state index is 12.6. The van der Waals surface area contributed by atoms with Gasteiger partial charge in [-0.3, -0.25) is 4.90 Å². The molecular weight excluding hydrogens is 276 g/mol. The molecule has 2 aliphatic heterocycles. The molecule has 20 heavy (non-hydrogen) atoms. The van der Waals surface area contributed by atoms with Crippen LogP contribution in [0.2, 0.25) is 0 Å². The van der Waals surface area contributed by atoms with Crippen LogP contribution in [0.1, 0.15) is 26.7 Å². The number of piperidine rings is 1. The fourth-order valence-electron chi connectivity index (χ4n) is 3.04. The Morgan fingerprint density at radius 2 is 1.80 bits per heavy atom. The first-order chi connectivity index (χ1) is 9.45. The van der Waals surface area contributed by atoms with Crippen LogP contribution in [0, 0.1) is 5.92 Å². The van der Waals surface area contributed by atoms with E-state index in [2.05, 4.69) is 18.7 Å². The van der Waals surface area contributed by atoms with Gasteiger partial charge >= 0.3 is 0 Å². The van der Waals surface area contributed by atoms with Gasteiger partial charge in [-0.05, 0) is 25.7 Å². The van der Waals surface area contributed by atoms with E-state index in [0.29, 0.717) is 44.7 Å². The molecule has 0 aliphatic carbocycles. The zero-order chi connectivity index (χ0) is 14.8. The van der Waals surface area contributed by atoms with Crippen LogP contribution in [0.5, 0.6) is 0 Å². The lowest BCUT2D eigenvalue weighted by molar-refractivity contribution is 0.141. The van der Waals surface area contributed by atoms with Crippen molar-refractivity contribution < 1.29 is 8.42 Å². The first-order valence-electron chi connectivity index (χ1n) is 7.64. The van der Waals surface area contributed by atoms with Gasteiger partial charge in [0.25, 0.3) is 10.2 Å². The minimum atomic E-state index is -3.27. The van der Waals surface area contributed by atoms with Crippen LogP contribution in [0.15, 0.2) is 0 Å². The highest BCUT2D eigenvalue weighted by Crippen LogP contribution is 2.21.